The van der Waals surface area contributed by atoms with E-state index in [1.54, 1.807) is 0 Å². The number of rotatable bonds is 8. The molecule has 0 aliphatic carbocycles. The Balaban J connectivity index is 1.99. The van der Waals surface area contributed by atoms with Crippen molar-refractivity contribution in [1.29, 1.82) is 0 Å². The van der Waals surface area contributed by atoms with E-state index in [4.69, 9.17) is 4.84 Å². The maximum Gasteiger partial charge on any atom is 0.119 e. The van der Waals surface area contributed by atoms with Gasteiger partial charge >= 0.3 is 0 Å². The minimum absolute atomic E-state index is 0.267. The highest BCUT2D eigenvalue weighted by Crippen LogP contribution is 2.41. The normalized spacial score (nSPS) is 15.2. The molecule has 0 spiro atoms. The zero-order valence-corrected chi connectivity index (χ0v) is 17.7. The third kappa shape index (κ3) is 5.72. The van der Waals surface area contributed by atoms with E-state index in [-0.39, 0.29) is 5.41 Å². The molecule has 0 saturated heterocycles. The van der Waals surface area contributed by atoms with Gasteiger partial charge < -0.3 is 4.84 Å². The van der Waals surface area contributed by atoms with Crippen LogP contribution < -0.4 is 4.84 Å². The lowest BCUT2D eigenvalue weighted by Crippen LogP contribution is -2.31. The molecule has 26 heavy (non-hydrogen) atoms. The highest BCUT2D eigenvalue weighted by molar-refractivity contribution is 5.72. The number of fused-ring (bicyclic) bond motifs is 1. The molecule has 0 aliphatic heterocycles. The van der Waals surface area contributed by atoms with E-state index in [0.29, 0.717) is 17.9 Å². The SMILES string of the molecule is CCCC(CC(CCOn1nc2ccccc2n1)C(C)(C)C)C(C)(C)C. The average molecular weight is 360 g/mol. The molecule has 0 aliphatic rings. The lowest BCUT2D eigenvalue weighted by atomic mass is 9.67. The van der Waals surface area contributed by atoms with Gasteiger partial charge in [0.1, 0.15) is 17.6 Å². The first kappa shape index (κ1) is 20.7. The first-order valence-corrected chi connectivity index (χ1v) is 10.1. The second kappa shape index (κ2) is 8.41. The van der Waals surface area contributed by atoms with Gasteiger partial charge in [-0.15, -0.1) is 10.2 Å². The van der Waals surface area contributed by atoms with Crippen molar-refractivity contribution in [3.63, 3.8) is 0 Å². The van der Waals surface area contributed by atoms with Crippen molar-refractivity contribution in [1.82, 2.24) is 15.2 Å². The van der Waals surface area contributed by atoms with Gasteiger partial charge in [-0.05, 0) is 52.6 Å². The van der Waals surface area contributed by atoms with E-state index in [1.165, 1.54) is 24.2 Å². The van der Waals surface area contributed by atoms with Crippen LogP contribution in [-0.2, 0) is 0 Å². The molecule has 0 N–H and O–H groups in total. The summed E-state index contributed by atoms with van der Waals surface area (Å²) in [6, 6.07) is 7.85. The van der Waals surface area contributed by atoms with Crippen molar-refractivity contribution in [3.8, 4) is 0 Å². The van der Waals surface area contributed by atoms with E-state index in [9.17, 15) is 0 Å². The van der Waals surface area contributed by atoms with Crippen molar-refractivity contribution < 1.29 is 4.84 Å². The van der Waals surface area contributed by atoms with Crippen molar-refractivity contribution in [2.45, 2.75) is 74.1 Å². The maximum atomic E-state index is 5.84. The Bertz CT molecular complexity index is 645. The Morgan fingerprint density at radius 3 is 1.85 bits per heavy atom. The number of hydrogen-bond donors (Lipinski definition) is 0. The third-order valence-electron chi connectivity index (χ3n) is 5.60. The molecular formula is C22H37N3O. The minimum Gasteiger partial charge on any atom is -0.381 e. The van der Waals surface area contributed by atoms with Gasteiger partial charge in [0.2, 0.25) is 0 Å². The summed E-state index contributed by atoms with van der Waals surface area (Å²) < 4.78 is 0. The van der Waals surface area contributed by atoms with Crippen molar-refractivity contribution in [2.24, 2.45) is 22.7 Å². The second-order valence-corrected chi connectivity index (χ2v) is 9.71. The molecule has 0 amide bonds. The average Bonchev–Trinajstić information content (AvgIpc) is 2.93. The van der Waals surface area contributed by atoms with Crippen LogP contribution in [0, 0.1) is 22.7 Å². The fraction of sp³-hybridized carbons (Fsp3) is 0.727. The minimum atomic E-state index is 0.267. The van der Waals surface area contributed by atoms with Crippen molar-refractivity contribution in [2.75, 3.05) is 6.61 Å². The van der Waals surface area contributed by atoms with E-state index in [0.717, 1.165) is 23.4 Å². The summed E-state index contributed by atoms with van der Waals surface area (Å²) in [5.74, 6) is 1.35. The molecule has 1 aromatic heterocycles. The van der Waals surface area contributed by atoms with Gasteiger partial charge in [0.25, 0.3) is 0 Å². The molecule has 0 fully saturated rings. The van der Waals surface area contributed by atoms with Crippen molar-refractivity contribution >= 4 is 11.0 Å². The maximum absolute atomic E-state index is 5.84. The first-order valence-electron chi connectivity index (χ1n) is 10.1. The summed E-state index contributed by atoms with van der Waals surface area (Å²) in [4.78, 5) is 7.22. The van der Waals surface area contributed by atoms with E-state index in [2.05, 4.69) is 58.7 Å². The summed E-state index contributed by atoms with van der Waals surface area (Å²) >= 11 is 0. The molecule has 2 aromatic rings. The highest BCUT2D eigenvalue weighted by atomic mass is 16.7. The van der Waals surface area contributed by atoms with Crippen LogP contribution in [0.3, 0.4) is 0 Å². The lowest BCUT2D eigenvalue weighted by Gasteiger charge is -2.38. The summed E-state index contributed by atoms with van der Waals surface area (Å²) in [6.45, 7) is 17.1. The molecular weight excluding hydrogens is 322 g/mol. The van der Waals surface area contributed by atoms with Crippen LogP contribution in [-0.4, -0.2) is 21.8 Å². The van der Waals surface area contributed by atoms with Gasteiger partial charge in [0, 0.05) is 0 Å². The van der Waals surface area contributed by atoms with Gasteiger partial charge in [-0.3, -0.25) is 0 Å². The molecule has 2 rings (SSSR count). The highest BCUT2D eigenvalue weighted by Gasteiger charge is 2.32. The van der Waals surface area contributed by atoms with Crippen LogP contribution >= 0.6 is 0 Å². The van der Waals surface area contributed by atoms with Gasteiger partial charge in [0.15, 0.2) is 0 Å². The number of nitrogens with zero attached hydrogens (tertiary/aromatic N) is 3. The van der Waals surface area contributed by atoms with Gasteiger partial charge in [-0.2, -0.15) is 0 Å². The number of benzene rings is 1. The van der Waals surface area contributed by atoms with Crippen molar-refractivity contribution in [3.05, 3.63) is 24.3 Å². The van der Waals surface area contributed by atoms with Crippen LogP contribution in [0.4, 0.5) is 0 Å². The van der Waals surface area contributed by atoms with Crippen LogP contribution in [0.2, 0.25) is 0 Å². The summed E-state index contributed by atoms with van der Waals surface area (Å²) in [5, 5.41) is 8.77. The number of aromatic nitrogens is 3. The topological polar surface area (TPSA) is 39.9 Å². The van der Waals surface area contributed by atoms with Crippen LogP contribution in [0.25, 0.3) is 11.0 Å². The summed E-state index contributed by atoms with van der Waals surface area (Å²) in [6.07, 6.45) is 4.82. The van der Waals surface area contributed by atoms with Crippen LogP contribution in [0.15, 0.2) is 24.3 Å². The Labute approximate surface area is 159 Å². The first-order chi connectivity index (χ1) is 12.1. The van der Waals surface area contributed by atoms with Gasteiger partial charge in [-0.1, -0.05) is 73.4 Å². The Hall–Kier alpha value is -1.58. The quantitative estimate of drug-likeness (QED) is 0.601. The van der Waals surface area contributed by atoms with E-state index < -0.39 is 0 Å². The molecule has 1 heterocycles. The van der Waals surface area contributed by atoms with Crippen LogP contribution in [0.5, 0.6) is 0 Å². The molecule has 4 heteroatoms. The fourth-order valence-corrected chi connectivity index (χ4v) is 3.68. The Morgan fingerprint density at radius 1 is 0.885 bits per heavy atom. The monoisotopic (exact) mass is 359 g/mol. The third-order valence-corrected chi connectivity index (χ3v) is 5.60. The molecule has 146 valence electrons. The van der Waals surface area contributed by atoms with Gasteiger partial charge in [0.05, 0.1) is 0 Å². The zero-order valence-electron chi connectivity index (χ0n) is 17.7. The predicted molar refractivity (Wildman–Crippen MR) is 109 cm³/mol. The largest absolute Gasteiger partial charge is 0.381 e. The molecule has 2 unspecified atom stereocenters. The fourth-order valence-electron chi connectivity index (χ4n) is 3.68. The van der Waals surface area contributed by atoms with E-state index >= 15 is 0 Å². The van der Waals surface area contributed by atoms with E-state index in [1.807, 2.05) is 24.3 Å². The zero-order chi connectivity index (χ0) is 19.4. The summed E-state index contributed by atoms with van der Waals surface area (Å²) in [7, 11) is 0. The molecule has 0 bridgehead atoms. The molecule has 4 nitrogen and oxygen atoms in total. The van der Waals surface area contributed by atoms with Gasteiger partial charge in [-0.25, -0.2) is 0 Å². The summed E-state index contributed by atoms with van der Waals surface area (Å²) in [5.41, 5.74) is 2.36. The second-order valence-electron chi connectivity index (χ2n) is 9.71. The molecule has 0 saturated carbocycles. The predicted octanol–water partition coefficient (Wildman–Crippen LogP) is 5.76. The molecule has 2 atom stereocenters. The van der Waals surface area contributed by atoms with Crippen LogP contribution in [0.1, 0.15) is 74.1 Å². The standard InChI is InChI=1S/C22H37N3O/c1-8-11-17(21(2,3)4)16-18(22(5,6)7)14-15-26-25-23-19-12-9-10-13-20(19)24-25/h9-10,12-13,17-18H,8,11,14-16H2,1-7H3. The number of hydrogen-bond acceptors (Lipinski definition) is 3. The Morgan fingerprint density at radius 2 is 1.38 bits per heavy atom. The smallest absolute Gasteiger partial charge is 0.119 e. The molecule has 0 radical (unpaired) electrons. The Kier molecular flexibility index (Phi) is 6.70. The molecule has 1 aromatic carbocycles. The lowest BCUT2D eigenvalue weighted by molar-refractivity contribution is 0.0276.